The van der Waals surface area contributed by atoms with Crippen LogP contribution >= 0.6 is 11.3 Å². The first-order valence-corrected chi connectivity index (χ1v) is 7.48. The van der Waals surface area contributed by atoms with E-state index < -0.39 is 12.1 Å². The van der Waals surface area contributed by atoms with E-state index in [9.17, 15) is 9.59 Å². The van der Waals surface area contributed by atoms with Gasteiger partial charge in [-0.05, 0) is 49.4 Å². The van der Waals surface area contributed by atoms with Crippen LogP contribution in [0.3, 0.4) is 0 Å². The van der Waals surface area contributed by atoms with Crippen LogP contribution in [0.1, 0.15) is 27.7 Å². The van der Waals surface area contributed by atoms with E-state index in [1.807, 2.05) is 32.0 Å². The van der Waals surface area contributed by atoms with Gasteiger partial charge >= 0.3 is 5.97 Å². The molecular weight excluding hydrogens is 286 g/mol. The van der Waals surface area contributed by atoms with Gasteiger partial charge in [0.1, 0.15) is 4.88 Å². The minimum absolute atomic E-state index is 0.339. The van der Waals surface area contributed by atoms with Crippen molar-refractivity contribution in [1.82, 2.24) is 0 Å². The van der Waals surface area contributed by atoms with Gasteiger partial charge in [0, 0.05) is 5.69 Å². The highest BCUT2D eigenvalue weighted by Crippen LogP contribution is 2.17. The molecule has 4 nitrogen and oxygen atoms in total. The summed E-state index contributed by atoms with van der Waals surface area (Å²) < 4.78 is 5.16. The Morgan fingerprint density at radius 2 is 2.00 bits per heavy atom. The van der Waals surface area contributed by atoms with Crippen LogP contribution in [0, 0.1) is 13.8 Å². The van der Waals surface area contributed by atoms with E-state index in [0.29, 0.717) is 4.88 Å². The highest BCUT2D eigenvalue weighted by Gasteiger charge is 2.20. The number of thiophene rings is 1. The second-order valence-corrected chi connectivity index (χ2v) is 5.78. The molecular formula is C16H17NO3S. The second-order valence-electron chi connectivity index (χ2n) is 4.83. The van der Waals surface area contributed by atoms with Crippen molar-refractivity contribution in [1.29, 1.82) is 0 Å². The summed E-state index contributed by atoms with van der Waals surface area (Å²) in [6.45, 7) is 5.43. The molecule has 2 aromatic rings. The van der Waals surface area contributed by atoms with E-state index in [2.05, 4.69) is 5.32 Å². The van der Waals surface area contributed by atoms with Crippen molar-refractivity contribution in [2.24, 2.45) is 0 Å². The number of rotatable bonds is 4. The highest BCUT2D eigenvalue weighted by molar-refractivity contribution is 7.11. The van der Waals surface area contributed by atoms with Gasteiger partial charge in [0.05, 0.1) is 0 Å². The molecule has 0 saturated heterocycles. The normalized spacial score (nSPS) is 11.8. The molecule has 1 aromatic heterocycles. The summed E-state index contributed by atoms with van der Waals surface area (Å²) >= 11 is 1.29. The first kappa shape index (κ1) is 15.3. The standard InChI is InChI=1S/C16H17NO3S/c1-10-6-7-11(2)13(9-10)17-15(18)12(3)20-16(19)14-5-4-8-21-14/h4-9,12H,1-3H3,(H,17,18)/t12-/m1/s1. The minimum Gasteiger partial charge on any atom is -0.448 e. The van der Waals surface area contributed by atoms with Crippen LogP contribution in [0.25, 0.3) is 0 Å². The van der Waals surface area contributed by atoms with Gasteiger partial charge in [-0.2, -0.15) is 0 Å². The summed E-state index contributed by atoms with van der Waals surface area (Å²) in [5.74, 6) is -0.817. The smallest absolute Gasteiger partial charge is 0.349 e. The molecule has 0 aliphatic heterocycles. The van der Waals surface area contributed by atoms with Crippen molar-refractivity contribution in [3.63, 3.8) is 0 Å². The fourth-order valence-corrected chi connectivity index (χ4v) is 2.38. The topological polar surface area (TPSA) is 55.4 Å². The van der Waals surface area contributed by atoms with Gasteiger partial charge in [-0.15, -0.1) is 11.3 Å². The fraction of sp³-hybridized carbons (Fsp3) is 0.250. The number of esters is 1. The third-order valence-corrected chi connectivity index (χ3v) is 3.88. The van der Waals surface area contributed by atoms with Crippen molar-refractivity contribution >= 4 is 28.9 Å². The number of hydrogen-bond donors (Lipinski definition) is 1. The van der Waals surface area contributed by atoms with E-state index in [1.54, 1.807) is 24.4 Å². The van der Waals surface area contributed by atoms with Crippen LogP contribution in [-0.2, 0) is 9.53 Å². The first-order valence-electron chi connectivity index (χ1n) is 6.60. The SMILES string of the molecule is Cc1ccc(C)c(NC(=O)[C@@H](C)OC(=O)c2cccs2)c1. The van der Waals surface area contributed by atoms with Gasteiger partial charge in [0.15, 0.2) is 6.10 Å². The number of benzene rings is 1. The van der Waals surface area contributed by atoms with Crippen LogP contribution < -0.4 is 5.32 Å². The molecule has 0 unspecified atom stereocenters. The van der Waals surface area contributed by atoms with Crippen molar-refractivity contribution < 1.29 is 14.3 Å². The number of aryl methyl sites for hydroxylation is 2. The summed E-state index contributed by atoms with van der Waals surface area (Å²) in [6.07, 6.45) is -0.848. The minimum atomic E-state index is -0.848. The molecule has 5 heteroatoms. The largest absolute Gasteiger partial charge is 0.448 e. The number of ether oxygens (including phenoxy) is 1. The zero-order valence-corrected chi connectivity index (χ0v) is 13.0. The molecule has 1 aromatic carbocycles. The summed E-state index contributed by atoms with van der Waals surface area (Å²) in [5.41, 5.74) is 2.75. The lowest BCUT2D eigenvalue weighted by Crippen LogP contribution is -2.30. The maximum atomic E-state index is 12.1. The fourth-order valence-electron chi connectivity index (χ4n) is 1.77. The Bertz CT molecular complexity index is 650. The number of carbonyl (C=O) groups excluding carboxylic acids is 2. The van der Waals surface area contributed by atoms with E-state index >= 15 is 0 Å². The molecule has 0 radical (unpaired) electrons. The van der Waals surface area contributed by atoms with Crippen LogP contribution in [0.2, 0.25) is 0 Å². The Morgan fingerprint density at radius 3 is 2.67 bits per heavy atom. The number of nitrogens with one attached hydrogen (secondary N) is 1. The summed E-state index contributed by atoms with van der Waals surface area (Å²) in [7, 11) is 0. The van der Waals surface area contributed by atoms with Crippen LogP contribution in [-0.4, -0.2) is 18.0 Å². The molecule has 1 heterocycles. The predicted molar refractivity (Wildman–Crippen MR) is 83.7 cm³/mol. The zero-order valence-electron chi connectivity index (χ0n) is 12.2. The Hall–Kier alpha value is -2.14. The molecule has 0 aliphatic carbocycles. The van der Waals surface area contributed by atoms with Crippen molar-refractivity contribution in [2.75, 3.05) is 5.32 Å². The van der Waals surface area contributed by atoms with Crippen molar-refractivity contribution in [3.05, 3.63) is 51.7 Å². The molecule has 110 valence electrons. The van der Waals surface area contributed by atoms with E-state index in [4.69, 9.17) is 4.74 Å². The van der Waals surface area contributed by atoms with Gasteiger partial charge < -0.3 is 10.1 Å². The number of carbonyl (C=O) groups is 2. The Kier molecular flexibility index (Phi) is 4.75. The number of anilines is 1. The Balaban J connectivity index is 1.99. The summed E-state index contributed by atoms with van der Waals surface area (Å²) in [4.78, 5) is 24.4. The van der Waals surface area contributed by atoms with Crippen molar-refractivity contribution in [3.8, 4) is 0 Å². The molecule has 1 N–H and O–H groups in total. The zero-order chi connectivity index (χ0) is 15.4. The van der Waals surface area contributed by atoms with E-state index in [1.165, 1.54) is 11.3 Å². The third kappa shape index (κ3) is 3.92. The van der Waals surface area contributed by atoms with Crippen LogP contribution in [0.15, 0.2) is 35.7 Å². The number of hydrogen-bond acceptors (Lipinski definition) is 4. The van der Waals surface area contributed by atoms with Gasteiger partial charge in [0.25, 0.3) is 5.91 Å². The highest BCUT2D eigenvalue weighted by atomic mass is 32.1. The molecule has 0 spiro atoms. The lowest BCUT2D eigenvalue weighted by Gasteiger charge is -2.14. The summed E-state index contributed by atoms with van der Waals surface area (Å²) in [6, 6.07) is 9.24. The number of amides is 1. The third-order valence-electron chi connectivity index (χ3n) is 3.03. The molecule has 0 saturated carbocycles. The predicted octanol–water partition coefficient (Wildman–Crippen LogP) is 3.55. The first-order chi connectivity index (χ1) is 9.97. The monoisotopic (exact) mass is 303 g/mol. The average Bonchev–Trinajstić information content (AvgIpc) is 2.97. The maximum absolute atomic E-state index is 12.1. The van der Waals surface area contributed by atoms with E-state index in [0.717, 1.165) is 16.8 Å². The average molecular weight is 303 g/mol. The van der Waals surface area contributed by atoms with Gasteiger partial charge in [0.2, 0.25) is 0 Å². The molecule has 0 fully saturated rings. The molecule has 1 amide bonds. The maximum Gasteiger partial charge on any atom is 0.349 e. The Labute approximate surface area is 127 Å². The molecule has 2 rings (SSSR count). The van der Waals surface area contributed by atoms with Crippen LogP contribution in [0.4, 0.5) is 5.69 Å². The molecule has 0 bridgehead atoms. The summed E-state index contributed by atoms with van der Waals surface area (Å²) in [5, 5.41) is 4.58. The van der Waals surface area contributed by atoms with Gasteiger partial charge in [-0.1, -0.05) is 18.2 Å². The van der Waals surface area contributed by atoms with Gasteiger partial charge in [-0.25, -0.2) is 4.79 Å². The Morgan fingerprint density at radius 1 is 1.24 bits per heavy atom. The van der Waals surface area contributed by atoms with Gasteiger partial charge in [-0.3, -0.25) is 4.79 Å². The quantitative estimate of drug-likeness (QED) is 0.879. The molecule has 21 heavy (non-hydrogen) atoms. The van der Waals surface area contributed by atoms with Crippen LogP contribution in [0.5, 0.6) is 0 Å². The lowest BCUT2D eigenvalue weighted by atomic mass is 10.1. The second kappa shape index (κ2) is 6.54. The van der Waals surface area contributed by atoms with E-state index in [-0.39, 0.29) is 5.91 Å². The molecule has 1 atom stereocenters. The molecule has 0 aliphatic rings. The lowest BCUT2D eigenvalue weighted by molar-refractivity contribution is -0.123. The van der Waals surface area contributed by atoms with Crippen molar-refractivity contribution in [2.45, 2.75) is 26.9 Å².